The molecule has 1 heterocycles. The molecule has 1 aliphatic heterocycles. The summed E-state index contributed by atoms with van der Waals surface area (Å²) < 4.78 is 54.0. The van der Waals surface area contributed by atoms with Gasteiger partial charge in [0.1, 0.15) is 5.84 Å². The van der Waals surface area contributed by atoms with E-state index in [1.165, 1.54) is 32.4 Å². The number of alkyl halides is 3. The van der Waals surface area contributed by atoms with E-state index in [4.69, 9.17) is 9.47 Å². The molecule has 0 spiro atoms. The summed E-state index contributed by atoms with van der Waals surface area (Å²) in [6.07, 6.45) is -5.23. The van der Waals surface area contributed by atoms with E-state index in [9.17, 15) is 22.8 Å². The summed E-state index contributed by atoms with van der Waals surface area (Å²) in [6.45, 7) is -0.169. The van der Waals surface area contributed by atoms with Crippen molar-refractivity contribution in [3.63, 3.8) is 0 Å². The molecule has 3 aromatic carbocycles. The molecule has 1 N–H and O–H groups in total. The lowest BCUT2D eigenvalue weighted by atomic mass is 10.1. The molecule has 4 rings (SSSR count). The van der Waals surface area contributed by atoms with Crippen LogP contribution in [0.5, 0.6) is 11.5 Å². The van der Waals surface area contributed by atoms with Crippen molar-refractivity contribution in [2.24, 2.45) is 4.99 Å². The number of benzene rings is 3. The molecule has 0 fully saturated rings. The van der Waals surface area contributed by atoms with Crippen LogP contribution in [0.4, 0.5) is 13.2 Å². The second kappa shape index (κ2) is 9.73. The molecule has 1 aliphatic rings. The van der Waals surface area contributed by atoms with Gasteiger partial charge in [-0.15, -0.1) is 0 Å². The van der Waals surface area contributed by atoms with Crippen LogP contribution in [0.15, 0.2) is 83.9 Å². The maximum atomic E-state index is 14.6. The van der Waals surface area contributed by atoms with Gasteiger partial charge in [0.25, 0.3) is 11.8 Å². The number of rotatable bonds is 7. The molecule has 1 atom stereocenters. The molecule has 2 amide bonds. The van der Waals surface area contributed by atoms with Crippen molar-refractivity contribution in [1.29, 1.82) is 0 Å². The van der Waals surface area contributed by atoms with E-state index in [1.54, 1.807) is 60.7 Å². The Balaban J connectivity index is 1.79. The Labute approximate surface area is 205 Å². The summed E-state index contributed by atoms with van der Waals surface area (Å²) in [6, 6.07) is 20.5. The smallest absolute Gasteiger partial charge is 0.442 e. The SMILES string of the molecule is COc1ccc(C(=O)NC2(C(F)(F)F)N=C(c3ccccc3)N(Cc3ccccc3)C2=O)cc1OC. The Morgan fingerprint density at radius 2 is 1.56 bits per heavy atom. The van der Waals surface area contributed by atoms with Gasteiger partial charge in [0, 0.05) is 11.1 Å². The average molecular weight is 497 g/mol. The highest BCUT2D eigenvalue weighted by atomic mass is 19.4. The van der Waals surface area contributed by atoms with E-state index < -0.39 is 23.7 Å². The molecule has 1 unspecified atom stereocenters. The monoisotopic (exact) mass is 497 g/mol. The van der Waals surface area contributed by atoms with Gasteiger partial charge in [0.2, 0.25) is 0 Å². The lowest BCUT2D eigenvalue weighted by Crippen LogP contribution is -2.63. The summed E-state index contributed by atoms with van der Waals surface area (Å²) in [5.74, 6) is -2.33. The third-order valence-corrected chi connectivity index (χ3v) is 5.65. The zero-order chi connectivity index (χ0) is 25.9. The van der Waals surface area contributed by atoms with Gasteiger partial charge in [0.05, 0.1) is 20.8 Å². The molecule has 7 nitrogen and oxygen atoms in total. The first-order valence-electron chi connectivity index (χ1n) is 10.8. The van der Waals surface area contributed by atoms with Crippen LogP contribution in [0.1, 0.15) is 21.5 Å². The molecule has 0 radical (unpaired) electrons. The maximum absolute atomic E-state index is 14.6. The van der Waals surface area contributed by atoms with Crippen LogP contribution in [0.2, 0.25) is 0 Å². The number of halogens is 3. The van der Waals surface area contributed by atoms with Gasteiger partial charge in [-0.25, -0.2) is 4.99 Å². The fraction of sp³-hybridized carbons (Fsp3) is 0.192. The number of ether oxygens (including phenoxy) is 2. The number of methoxy groups -OCH3 is 2. The molecule has 10 heteroatoms. The first-order valence-corrected chi connectivity index (χ1v) is 10.8. The lowest BCUT2D eigenvalue weighted by molar-refractivity contribution is -0.196. The lowest BCUT2D eigenvalue weighted by Gasteiger charge is -2.29. The number of aliphatic imine (C=N–C) groups is 1. The van der Waals surface area contributed by atoms with Crippen molar-refractivity contribution >= 4 is 17.6 Å². The highest BCUT2D eigenvalue weighted by Crippen LogP contribution is 2.39. The van der Waals surface area contributed by atoms with E-state index in [0.717, 1.165) is 4.90 Å². The molecule has 3 aromatic rings. The van der Waals surface area contributed by atoms with Gasteiger partial charge in [-0.05, 0) is 23.8 Å². The number of hydrogen-bond donors (Lipinski definition) is 1. The highest BCUT2D eigenvalue weighted by molar-refractivity contribution is 6.16. The fourth-order valence-corrected chi connectivity index (χ4v) is 3.83. The third kappa shape index (κ3) is 4.49. The second-order valence-corrected chi connectivity index (χ2v) is 7.91. The standard InChI is InChI=1S/C26H22F3N3O4/c1-35-20-14-13-19(15-21(20)36-2)23(33)31-25(26(27,28)29)24(34)32(16-17-9-5-3-6-10-17)22(30-25)18-11-7-4-8-12-18/h3-15H,16H2,1-2H3,(H,31,33). The molecule has 36 heavy (non-hydrogen) atoms. The molecule has 186 valence electrons. The van der Waals surface area contributed by atoms with Crippen LogP contribution in [0.3, 0.4) is 0 Å². The predicted octanol–water partition coefficient (Wildman–Crippen LogP) is 4.18. The van der Waals surface area contributed by atoms with Crippen molar-refractivity contribution in [3.05, 3.63) is 95.6 Å². The molecule has 0 aliphatic carbocycles. The zero-order valence-corrected chi connectivity index (χ0v) is 19.4. The van der Waals surface area contributed by atoms with Crippen LogP contribution in [-0.2, 0) is 11.3 Å². The molecule has 0 aromatic heterocycles. The van der Waals surface area contributed by atoms with Crippen molar-refractivity contribution in [3.8, 4) is 11.5 Å². The quantitative estimate of drug-likeness (QED) is 0.531. The number of nitrogens with zero attached hydrogens (tertiary/aromatic N) is 2. The van der Waals surface area contributed by atoms with Crippen LogP contribution in [0, 0.1) is 0 Å². The highest BCUT2D eigenvalue weighted by Gasteiger charge is 2.67. The van der Waals surface area contributed by atoms with Gasteiger partial charge in [0.15, 0.2) is 11.5 Å². The van der Waals surface area contributed by atoms with E-state index in [1.807, 2.05) is 5.32 Å². The Morgan fingerprint density at radius 3 is 2.14 bits per heavy atom. The molecular formula is C26H22F3N3O4. The van der Waals surface area contributed by atoms with Gasteiger partial charge in [-0.3, -0.25) is 14.5 Å². The third-order valence-electron chi connectivity index (χ3n) is 5.65. The maximum Gasteiger partial charge on any atom is 0.442 e. The minimum Gasteiger partial charge on any atom is -0.493 e. The van der Waals surface area contributed by atoms with E-state index in [2.05, 4.69) is 4.99 Å². The Hall–Kier alpha value is -4.34. The van der Waals surface area contributed by atoms with Crippen LogP contribution >= 0.6 is 0 Å². The van der Waals surface area contributed by atoms with Gasteiger partial charge < -0.3 is 14.8 Å². The largest absolute Gasteiger partial charge is 0.493 e. The number of carbonyl (C=O) groups is 2. The topological polar surface area (TPSA) is 80.2 Å². The summed E-state index contributed by atoms with van der Waals surface area (Å²) in [7, 11) is 2.71. The van der Waals surface area contributed by atoms with Gasteiger partial charge in [-0.1, -0.05) is 60.7 Å². The van der Waals surface area contributed by atoms with Crippen molar-refractivity contribution in [2.45, 2.75) is 18.4 Å². The predicted molar refractivity (Wildman–Crippen MR) is 126 cm³/mol. The van der Waals surface area contributed by atoms with E-state index in [0.29, 0.717) is 11.1 Å². The first-order chi connectivity index (χ1) is 17.2. The number of amidine groups is 1. The summed E-state index contributed by atoms with van der Waals surface area (Å²) >= 11 is 0. The molecule has 0 saturated carbocycles. The Bertz CT molecular complexity index is 1300. The Morgan fingerprint density at radius 1 is 0.944 bits per heavy atom. The van der Waals surface area contributed by atoms with Crippen molar-refractivity contribution in [2.75, 3.05) is 14.2 Å². The normalized spacial score (nSPS) is 17.5. The first kappa shape index (κ1) is 24.8. The number of nitrogens with one attached hydrogen (secondary N) is 1. The molecular weight excluding hydrogens is 475 g/mol. The number of hydrogen-bond acceptors (Lipinski definition) is 5. The molecule has 0 saturated heterocycles. The zero-order valence-electron chi connectivity index (χ0n) is 19.4. The van der Waals surface area contributed by atoms with Gasteiger partial charge >= 0.3 is 11.8 Å². The van der Waals surface area contributed by atoms with Crippen molar-refractivity contribution < 1.29 is 32.2 Å². The second-order valence-electron chi connectivity index (χ2n) is 7.91. The van der Waals surface area contributed by atoms with Gasteiger partial charge in [-0.2, -0.15) is 13.2 Å². The molecule has 0 bridgehead atoms. The van der Waals surface area contributed by atoms with Crippen LogP contribution < -0.4 is 14.8 Å². The summed E-state index contributed by atoms with van der Waals surface area (Å²) in [4.78, 5) is 31.3. The minimum absolute atomic E-state index is 0.142. The number of amides is 2. The summed E-state index contributed by atoms with van der Waals surface area (Å²) in [5, 5.41) is 1.86. The van der Waals surface area contributed by atoms with E-state index >= 15 is 0 Å². The van der Waals surface area contributed by atoms with Crippen LogP contribution in [-0.4, -0.2) is 48.6 Å². The fourth-order valence-electron chi connectivity index (χ4n) is 3.83. The van der Waals surface area contributed by atoms with Crippen molar-refractivity contribution in [1.82, 2.24) is 10.2 Å². The van der Waals surface area contributed by atoms with E-state index in [-0.39, 0.29) is 29.4 Å². The Kier molecular flexibility index (Phi) is 6.69. The minimum atomic E-state index is -5.23. The van der Waals surface area contributed by atoms with Crippen LogP contribution in [0.25, 0.3) is 0 Å². The number of carbonyl (C=O) groups excluding carboxylic acids is 2. The summed E-state index contributed by atoms with van der Waals surface area (Å²) in [5.41, 5.74) is -2.79. The average Bonchev–Trinajstić information content (AvgIpc) is 3.16.